The van der Waals surface area contributed by atoms with E-state index in [4.69, 9.17) is 42.7 Å². The molecular formula is C36H44Br2O11. The second-order valence-electron chi connectivity index (χ2n) is 9.97. The second-order valence-corrected chi connectivity index (χ2v) is 11.5. The molecule has 49 heavy (non-hydrogen) atoms. The summed E-state index contributed by atoms with van der Waals surface area (Å²) in [6, 6.07) is 21.4. The quantitative estimate of drug-likeness (QED) is 0.108. The van der Waals surface area contributed by atoms with Gasteiger partial charge in [-0.2, -0.15) is 0 Å². The van der Waals surface area contributed by atoms with Gasteiger partial charge >= 0.3 is 11.9 Å². The summed E-state index contributed by atoms with van der Waals surface area (Å²) in [5, 5.41) is 17.6. The number of aromatic hydroxyl groups is 1. The lowest BCUT2D eigenvalue weighted by molar-refractivity contribution is -0.157. The third kappa shape index (κ3) is 16.6. The van der Waals surface area contributed by atoms with Crippen LogP contribution in [0.3, 0.4) is 0 Å². The molecule has 2 heterocycles. The van der Waals surface area contributed by atoms with Crippen molar-refractivity contribution in [2.45, 2.75) is 66.0 Å². The molecule has 2 N–H and O–H groups in total. The van der Waals surface area contributed by atoms with Crippen LogP contribution in [-0.2, 0) is 54.6 Å². The molecule has 2 aromatic heterocycles. The number of aliphatic hydroxyl groups excluding tert-OH is 1. The zero-order chi connectivity index (χ0) is 36.0. The summed E-state index contributed by atoms with van der Waals surface area (Å²) in [6.45, 7) is 9.17. The number of ether oxygens (including phenoxy) is 5. The van der Waals surface area contributed by atoms with E-state index in [-0.39, 0.29) is 24.3 Å². The maximum absolute atomic E-state index is 11.9. The monoisotopic (exact) mass is 810 g/mol. The molecule has 4 aromatic rings. The van der Waals surface area contributed by atoms with E-state index < -0.39 is 12.2 Å². The van der Waals surface area contributed by atoms with Gasteiger partial charge in [0, 0.05) is 26.1 Å². The van der Waals surface area contributed by atoms with Crippen molar-refractivity contribution >= 4 is 43.8 Å². The molecule has 11 nitrogen and oxygen atoms in total. The van der Waals surface area contributed by atoms with Gasteiger partial charge in [-0.05, 0) is 119 Å². The second kappa shape index (κ2) is 23.7. The number of aliphatic hydroxyl groups is 1. The summed E-state index contributed by atoms with van der Waals surface area (Å²) in [5.41, 5.74) is 1.91. The molecule has 0 aliphatic rings. The van der Waals surface area contributed by atoms with Gasteiger partial charge < -0.3 is 42.7 Å². The zero-order valence-corrected chi connectivity index (χ0v) is 31.2. The van der Waals surface area contributed by atoms with Crippen LogP contribution in [0.15, 0.2) is 91.0 Å². The molecule has 0 unspecified atom stereocenters. The molecule has 0 saturated heterocycles. The van der Waals surface area contributed by atoms with Gasteiger partial charge in [0.1, 0.15) is 36.2 Å². The molecule has 268 valence electrons. The van der Waals surface area contributed by atoms with Crippen molar-refractivity contribution in [1.82, 2.24) is 0 Å². The number of phenols is 1. The molecule has 0 radical (unpaired) electrons. The van der Waals surface area contributed by atoms with Gasteiger partial charge in [0.15, 0.2) is 21.5 Å². The van der Waals surface area contributed by atoms with Gasteiger partial charge in [-0.25, -0.2) is 9.59 Å². The Morgan fingerprint density at radius 3 is 1.47 bits per heavy atom. The SMILES string of the molecule is CCOC(=O)[C@@H](Cc1ccc(O)cc1)OCC.CCOC(=O)[C@@H](Cc1ccc(OCc2ccc(Br)o2)cc1)OCC.OCc1ccc(Br)o1. The highest BCUT2D eigenvalue weighted by Gasteiger charge is 2.21. The summed E-state index contributed by atoms with van der Waals surface area (Å²) in [4.78, 5) is 23.5. The third-order valence-corrected chi connectivity index (χ3v) is 7.18. The number of hydrogen-bond donors (Lipinski definition) is 2. The highest BCUT2D eigenvalue weighted by molar-refractivity contribution is 9.10. The topological polar surface area (TPSA) is 147 Å². The van der Waals surface area contributed by atoms with Crippen LogP contribution in [0.5, 0.6) is 11.5 Å². The minimum absolute atomic E-state index is 0.0361. The van der Waals surface area contributed by atoms with Crippen molar-refractivity contribution in [2.75, 3.05) is 26.4 Å². The summed E-state index contributed by atoms with van der Waals surface area (Å²) in [7, 11) is 0. The van der Waals surface area contributed by atoms with Crippen LogP contribution in [0, 0.1) is 0 Å². The van der Waals surface area contributed by atoms with Crippen LogP contribution in [0.1, 0.15) is 50.3 Å². The highest BCUT2D eigenvalue weighted by atomic mass is 79.9. The minimum atomic E-state index is -0.581. The van der Waals surface area contributed by atoms with Gasteiger partial charge in [-0.3, -0.25) is 0 Å². The predicted octanol–water partition coefficient (Wildman–Crippen LogP) is 7.57. The van der Waals surface area contributed by atoms with Crippen LogP contribution >= 0.6 is 31.9 Å². The van der Waals surface area contributed by atoms with Crippen LogP contribution in [0.2, 0.25) is 0 Å². The molecule has 0 aliphatic carbocycles. The lowest BCUT2D eigenvalue weighted by Gasteiger charge is -2.15. The van der Waals surface area contributed by atoms with Gasteiger partial charge in [-0.1, -0.05) is 24.3 Å². The van der Waals surface area contributed by atoms with Crippen molar-refractivity contribution in [3.05, 3.63) is 105 Å². The predicted molar refractivity (Wildman–Crippen MR) is 189 cm³/mol. The lowest BCUT2D eigenvalue weighted by atomic mass is 10.1. The minimum Gasteiger partial charge on any atom is -0.508 e. The van der Waals surface area contributed by atoms with E-state index in [9.17, 15) is 9.59 Å². The molecular weight excluding hydrogens is 768 g/mol. The Labute approximate surface area is 303 Å². The van der Waals surface area contributed by atoms with Gasteiger partial charge in [0.05, 0.1) is 13.2 Å². The molecule has 2 atom stereocenters. The van der Waals surface area contributed by atoms with Crippen molar-refractivity contribution in [3.8, 4) is 11.5 Å². The van der Waals surface area contributed by atoms with Crippen molar-refractivity contribution in [1.29, 1.82) is 0 Å². The number of furan rings is 2. The molecule has 0 bridgehead atoms. The first-order valence-electron chi connectivity index (χ1n) is 15.8. The number of benzene rings is 2. The summed E-state index contributed by atoms with van der Waals surface area (Å²) in [6.07, 6.45) is -0.239. The zero-order valence-electron chi connectivity index (χ0n) is 28.1. The van der Waals surface area contributed by atoms with E-state index in [1.54, 1.807) is 50.2 Å². The maximum Gasteiger partial charge on any atom is 0.335 e. The Balaban J connectivity index is 0.000000288. The van der Waals surface area contributed by atoms with Gasteiger partial charge in [0.2, 0.25) is 0 Å². The molecule has 0 aliphatic heterocycles. The van der Waals surface area contributed by atoms with E-state index in [1.165, 1.54) is 0 Å². The third-order valence-electron chi connectivity index (χ3n) is 6.33. The normalized spacial score (nSPS) is 11.7. The molecule has 4 rings (SSSR count). The van der Waals surface area contributed by atoms with Crippen LogP contribution in [-0.4, -0.2) is 60.8 Å². The van der Waals surface area contributed by atoms with E-state index in [2.05, 4.69) is 31.9 Å². The fraction of sp³-hybridized carbons (Fsp3) is 0.389. The Bertz CT molecular complexity index is 1480. The van der Waals surface area contributed by atoms with Crippen LogP contribution in [0.25, 0.3) is 0 Å². The Kier molecular flexibility index (Phi) is 20.1. The first-order valence-corrected chi connectivity index (χ1v) is 17.4. The number of esters is 2. The fourth-order valence-corrected chi connectivity index (χ4v) is 4.78. The van der Waals surface area contributed by atoms with Crippen LogP contribution in [0.4, 0.5) is 0 Å². The average molecular weight is 813 g/mol. The number of rotatable bonds is 16. The fourth-order valence-electron chi connectivity index (χ4n) is 4.10. The number of phenolic OH excluding ortho intramolecular Hbond substituents is 1. The number of carbonyl (C=O) groups excluding carboxylic acids is 2. The van der Waals surface area contributed by atoms with Gasteiger partial charge in [0.25, 0.3) is 0 Å². The average Bonchev–Trinajstić information content (AvgIpc) is 3.72. The summed E-state index contributed by atoms with van der Waals surface area (Å²) >= 11 is 6.35. The number of halogens is 2. The number of hydrogen-bond acceptors (Lipinski definition) is 11. The summed E-state index contributed by atoms with van der Waals surface area (Å²) in [5.74, 6) is 1.58. The standard InChI is InChI=1S/C18H21BrO5.C13H18O4.C5H5BrO2/c1-3-21-16(18(20)22-4-2)11-13-5-7-14(8-6-13)23-12-15-9-10-17(19)24-15;1-3-16-12(13(15)17-4-2)9-10-5-7-11(14)8-6-10;6-5-2-1-4(3-7)8-5/h5-10,16H,3-4,11-12H2,1-2H3;5-8,12,14H,3-4,9H2,1-2H3;1-2,7H,3H2/t16-;12-;/m11./s1. The van der Waals surface area contributed by atoms with E-state index >= 15 is 0 Å². The lowest BCUT2D eigenvalue weighted by Crippen LogP contribution is -2.28. The van der Waals surface area contributed by atoms with Crippen molar-refractivity contribution in [3.63, 3.8) is 0 Å². The van der Waals surface area contributed by atoms with Crippen LogP contribution < -0.4 is 4.74 Å². The molecule has 2 aromatic carbocycles. The van der Waals surface area contributed by atoms with E-state index in [1.807, 2.05) is 50.2 Å². The first kappa shape index (κ1) is 41.6. The number of carbonyl (C=O) groups is 2. The Morgan fingerprint density at radius 2 is 1.10 bits per heavy atom. The molecule has 13 heteroatoms. The smallest absolute Gasteiger partial charge is 0.335 e. The molecule has 0 amide bonds. The Hall–Kier alpha value is -3.62. The summed E-state index contributed by atoms with van der Waals surface area (Å²) < 4.78 is 38.1. The maximum atomic E-state index is 11.9. The Morgan fingerprint density at radius 1 is 0.653 bits per heavy atom. The largest absolute Gasteiger partial charge is 0.508 e. The van der Waals surface area contributed by atoms with E-state index in [0.717, 1.165) is 22.6 Å². The highest BCUT2D eigenvalue weighted by Crippen LogP contribution is 2.19. The molecule has 0 saturated carbocycles. The van der Waals surface area contributed by atoms with Crippen molar-refractivity contribution in [2.24, 2.45) is 0 Å². The van der Waals surface area contributed by atoms with E-state index in [0.29, 0.717) is 61.0 Å². The molecule has 0 fully saturated rings. The van der Waals surface area contributed by atoms with Gasteiger partial charge in [-0.15, -0.1) is 0 Å². The first-order chi connectivity index (χ1) is 23.6. The van der Waals surface area contributed by atoms with Crippen molar-refractivity contribution < 1.29 is 52.3 Å². The molecule has 0 spiro atoms.